The van der Waals surface area contributed by atoms with Crippen molar-refractivity contribution in [3.63, 3.8) is 0 Å². The Balaban J connectivity index is 0.000000740. The number of rotatable bonds is 9. The van der Waals surface area contributed by atoms with Crippen molar-refractivity contribution < 1.29 is 0 Å². The van der Waals surface area contributed by atoms with Crippen LogP contribution in [0.4, 0.5) is 0 Å². The zero-order valence-corrected chi connectivity index (χ0v) is 41.9. The average molecular weight is 921 g/mol. The second-order valence-electron chi connectivity index (χ2n) is 19.7. The first-order valence-electron chi connectivity index (χ1n) is 25.6. The van der Waals surface area contributed by atoms with Gasteiger partial charge in [0.15, 0.2) is 0 Å². The predicted molar refractivity (Wildman–Crippen MR) is 316 cm³/mol. The second-order valence-corrected chi connectivity index (χ2v) is 19.7. The minimum atomic E-state index is 0.179. The van der Waals surface area contributed by atoms with E-state index in [1.807, 2.05) is 37.3 Å². The standard InChI is InChI=1S/C63H50B2.C7H8/c1-5-7-13-43(6-2)44-14-10-15-45(32-44)48-23-21-41(3)57(35-48)58-36-49(24-22-42(58)4)50-25-26-52-34-53-27-29-55(39-60(53)59(52)37-50)65-62-20-9-8-19-56(62)61-38-51(28-30-63(61)65)46-16-11-17-47(33-46)54-18-12-31-64-40-54;1-7-5-3-2-4-6-7/h5-11,13-17,19-33,35-40H,2,12,18,34H2,1,3-4H3;2-6H,1H3/b7-5-,43-13+;. The van der Waals surface area contributed by atoms with Gasteiger partial charge in [0.2, 0.25) is 0 Å². The first kappa shape index (κ1) is 46.3. The van der Waals surface area contributed by atoms with Gasteiger partial charge in [0.1, 0.15) is 0 Å². The topological polar surface area (TPSA) is 0 Å². The number of aryl methyl sites for hydroxylation is 3. The summed E-state index contributed by atoms with van der Waals surface area (Å²) >= 11 is 0. The number of benzene rings is 9. The van der Waals surface area contributed by atoms with Crippen LogP contribution in [-0.2, 0) is 6.42 Å². The van der Waals surface area contributed by atoms with Gasteiger partial charge in [0.05, 0.1) is 0 Å². The van der Waals surface area contributed by atoms with Gasteiger partial charge < -0.3 is 0 Å². The monoisotopic (exact) mass is 920 g/mol. The van der Waals surface area contributed by atoms with E-state index in [-0.39, 0.29) is 6.71 Å². The molecular formula is C70H58B2. The molecule has 9 aromatic rings. The van der Waals surface area contributed by atoms with E-state index in [0.29, 0.717) is 0 Å². The third-order valence-electron chi connectivity index (χ3n) is 15.0. The van der Waals surface area contributed by atoms with Crippen molar-refractivity contribution in [2.24, 2.45) is 0 Å². The van der Waals surface area contributed by atoms with Crippen LogP contribution < -0.4 is 16.4 Å². The van der Waals surface area contributed by atoms with Crippen molar-refractivity contribution in [3.8, 4) is 66.8 Å². The van der Waals surface area contributed by atoms with Crippen LogP contribution in [0.25, 0.3) is 77.9 Å². The van der Waals surface area contributed by atoms with Crippen molar-refractivity contribution in [3.05, 3.63) is 270 Å². The molecule has 0 bridgehead atoms. The van der Waals surface area contributed by atoms with Gasteiger partial charge in [0, 0.05) is 0 Å². The number of hydrogen-bond acceptors (Lipinski definition) is 0. The van der Waals surface area contributed by atoms with Gasteiger partial charge in [-0.1, -0.05) is 127 Å². The molecule has 2 heteroatoms. The van der Waals surface area contributed by atoms with E-state index in [1.54, 1.807) is 0 Å². The number of fused-ring (bicyclic) bond motifs is 6. The molecule has 0 atom stereocenters. The van der Waals surface area contributed by atoms with E-state index >= 15 is 0 Å². The summed E-state index contributed by atoms with van der Waals surface area (Å²) in [5.74, 6) is 4.53. The zero-order valence-electron chi connectivity index (χ0n) is 41.9. The summed E-state index contributed by atoms with van der Waals surface area (Å²) in [5, 5.41) is 0. The molecule has 344 valence electrons. The molecule has 0 aromatic heterocycles. The molecule has 0 spiro atoms. The maximum absolute atomic E-state index is 4.08. The average Bonchev–Trinajstić information content (AvgIpc) is 3.97. The normalized spacial score (nSPS) is 13.1. The molecule has 0 saturated heterocycles. The first-order valence-corrected chi connectivity index (χ1v) is 25.6. The van der Waals surface area contributed by atoms with Gasteiger partial charge in [-0.2, -0.15) is 0 Å². The summed E-state index contributed by atoms with van der Waals surface area (Å²) in [6, 6.07) is 72.7. The van der Waals surface area contributed by atoms with E-state index in [4.69, 9.17) is 0 Å². The fourth-order valence-corrected chi connectivity index (χ4v) is 11.1. The molecule has 0 amide bonds. The SMILES string of the molecule is C=C/C(=C\C=C/C)c1cccc(-c2ccc(C)c(-c3cc(-c4ccc5c(c4)-c4cc(B6c7ccccc7-c7cc(-c8cccc(C9=CB=CCC9)c8)ccc76)ccc4C5)ccc3C)c2)c1.Cc1ccccc1. The van der Waals surface area contributed by atoms with Gasteiger partial charge in [0.25, 0.3) is 0 Å². The Bertz CT molecular complexity index is 3670. The fraction of sp³-hybridized carbons (Fsp3) is 0.100. The predicted octanol–water partition coefficient (Wildman–Crippen LogP) is 15.8. The van der Waals surface area contributed by atoms with Gasteiger partial charge in [-0.25, -0.2) is 0 Å². The molecule has 0 N–H and O–H groups in total. The van der Waals surface area contributed by atoms with E-state index < -0.39 is 0 Å². The van der Waals surface area contributed by atoms with Crippen molar-refractivity contribution in [1.82, 2.24) is 0 Å². The smallest absolute Gasteiger partial charge is 0.0622 e. The van der Waals surface area contributed by atoms with Crippen LogP contribution in [0.1, 0.15) is 58.7 Å². The molecule has 0 fully saturated rings. The molecule has 2 heterocycles. The Labute approximate surface area is 428 Å². The van der Waals surface area contributed by atoms with Gasteiger partial charge in [-0.05, 0) is 136 Å². The fourth-order valence-electron chi connectivity index (χ4n) is 11.1. The number of hydrogen-bond donors (Lipinski definition) is 0. The van der Waals surface area contributed by atoms with Crippen molar-refractivity contribution in [2.45, 2.75) is 47.0 Å². The van der Waals surface area contributed by atoms with Crippen LogP contribution in [0.5, 0.6) is 0 Å². The molecule has 0 nitrogen and oxygen atoms in total. The summed E-state index contributed by atoms with van der Waals surface area (Å²) < 4.78 is 0. The molecule has 0 radical (unpaired) electrons. The summed E-state index contributed by atoms with van der Waals surface area (Å²) in [6.45, 7) is 15.0. The Morgan fingerprint density at radius 1 is 0.500 bits per heavy atom. The summed E-state index contributed by atoms with van der Waals surface area (Å²) in [7, 11) is 0. The maximum atomic E-state index is 4.08. The Morgan fingerprint density at radius 2 is 1.08 bits per heavy atom. The summed E-state index contributed by atoms with van der Waals surface area (Å²) in [6.07, 6.45) is 11.3. The second kappa shape index (κ2) is 20.3. The molecule has 12 rings (SSSR count). The van der Waals surface area contributed by atoms with Crippen LogP contribution in [-0.4, -0.2) is 19.6 Å². The summed E-state index contributed by atoms with van der Waals surface area (Å²) in [4.78, 5) is 0. The first-order chi connectivity index (χ1) is 35.3. The summed E-state index contributed by atoms with van der Waals surface area (Å²) in [5.41, 5.74) is 31.2. The Hall–Kier alpha value is -8.06. The molecular weight excluding hydrogens is 862 g/mol. The minimum Gasteiger partial charge on any atom is -0.0622 e. The molecule has 9 aromatic carbocycles. The zero-order chi connectivity index (χ0) is 49.1. The third-order valence-corrected chi connectivity index (χ3v) is 15.0. The van der Waals surface area contributed by atoms with Gasteiger partial charge >= 0.3 is 167 Å². The molecule has 0 unspecified atom stereocenters. The number of allylic oxidation sites excluding steroid dienone is 6. The molecule has 2 aliphatic heterocycles. The van der Waals surface area contributed by atoms with Crippen LogP contribution in [0, 0.1) is 20.8 Å². The van der Waals surface area contributed by atoms with E-state index in [0.717, 1.165) is 30.4 Å². The van der Waals surface area contributed by atoms with E-state index in [9.17, 15) is 0 Å². The molecule has 72 heavy (non-hydrogen) atoms. The van der Waals surface area contributed by atoms with Crippen LogP contribution in [0.3, 0.4) is 0 Å². The quantitative estimate of drug-likeness (QED) is 0.1000. The van der Waals surface area contributed by atoms with E-state index in [2.05, 4.69) is 234 Å². The Morgan fingerprint density at radius 3 is 1.76 bits per heavy atom. The molecule has 1 aliphatic carbocycles. The van der Waals surface area contributed by atoms with Crippen molar-refractivity contribution in [2.75, 3.05) is 0 Å². The molecule has 3 aliphatic rings. The van der Waals surface area contributed by atoms with Crippen molar-refractivity contribution >= 4 is 47.1 Å². The van der Waals surface area contributed by atoms with Crippen molar-refractivity contribution in [1.29, 1.82) is 0 Å². The van der Waals surface area contributed by atoms with Gasteiger partial charge in [-0.15, -0.1) is 0 Å². The van der Waals surface area contributed by atoms with Crippen LogP contribution in [0.2, 0.25) is 0 Å². The van der Waals surface area contributed by atoms with Gasteiger partial charge in [-0.3, -0.25) is 0 Å². The molecule has 0 saturated carbocycles. The van der Waals surface area contributed by atoms with Crippen LogP contribution in [0.15, 0.2) is 231 Å². The van der Waals surface area contributed by atoms with Crippen LogP contribution >= 0.6 is 0 Å². The third kappa shape index (κ3) is 9.22. The Kier molecular flexibility index (Phi) is 13.1. The minimum absolute atomic E-state index is 0.179. The van der Waals surface area contributed by atoms with E-state index in [1.165, 1.54) is 122 Å².